The standard InChI is InChI=1S/C31H40ClF3N4O7S/c1-27(2,3)46-26(41)39-16-29(7,38-47(43)28(4,5)6)19-14-22(37-24(32)23(19)39)30(42,31(33,34)35)15-36-25(40)17-9-12-20(21(13-17)44-8)45-18-10-11-18/h9,12-14,18,38,42H,10-11,15-16H2,1-8H3,(H,36,40)/t29-,30?,47?/m1/s1. The quantitative estimate of drug-likeness (QED) is 0.228. The Bertz CT molecular complexity index is 1530. The molecule has 0 spiro atoms. The van der Waals surface area contributed by atoms with Gasteiger partial charge in [-0.2, -0.15) is 13.2 Å². The van der Waals surface area contributed by atoms with E-state index < -0.39 is 68.4 Å². The number of halogens is 4. The summed E-state index contributed by atoms with van der Waals surface area (Å²) in [5.41, 5.74) is -7.13. The molecular weight excluding hydrogens is 665 g/mol. The van der Waals surface area contributed by atoms with Crippen molar-refractivity contribution in [2.24, 2.45) is 0 Å². The molecule has 3 N–H and O–H groups in total. The highest BCUT2D eigenvalue weighted by Crippen LogP contribution is 2.48. The Morgan fingerprint density at radius 1 is 1.15 bits per heavy atom. The van der Waals surface area contributed by atoms with Crippen molar-refractivity contribution in [2.45, 2.75) is 95.1 Å². The van der Waals surface area contributed by atoms with Gasteiger partial charge in [0, 0.05) is 22.5 Å². The summed E-state index contributed by atoms with van der Waals surface area (Å²) < 4.78 is 76.0. The van der Waals surface area contributed by atoms with Crippen LogP contribution in [0.1, 0.15) is 82.9 Å². The molecule has 1 aromatic heterocycles. The van der Waals surface area contributed by atoms with Crippen LogP contribution in [-0.2, 0) is 27.2 Å². The monoisotopic (exact) mass is 704 g/mol. The van der Waals surface area contributed by atoms with E-state index in [-0.39, 0.29) is 35.2 Å². The topological polar surface area (TPSA) is 145 Å². The highest BCUT2D eigenvalue weighted by molar-refractivity contribution is 7.90. The smallest absolute Gasteiger partial charge is 0.424 e. The average Bonchev–Trinajstić information content (AvgIpc) is 3.71. The van der Waals surface area contributed by atoms with E-state index in [1.54, 1.807) is 48.5 Å². The summed E-state index contributed by atoms with van der Waals surface area (Å²) in [6.07, 6.45) is -4.41. The van der Waals surface area contributed by atoms with E-state index in [0.29, 0.717) is 5.75 Å². The maximum Gasteiger partial charge on any atom is 0.424 e. The molecule has 1 fully saturated rings. The van der Waals surface area contributed by atoms with Gasteiger partial charge in [-0.15, -0.1) is 4.72 Å². The zero-order chi connectivity index (χ0) is 35.3. The van der Waals surface area contributed by atoms with E-state index in [1.807, 2.05) is 0 Å². The first-order valence-corrected chi connectivity index (χ1v) is 16.4. The Balaban J connectivity index is 1.72. The van der Waals surface area contributed by atoms with E-state index in [9.17, 15) is 32.4 Å². The number of aliphatic hydroxyl groups is 1. The third kappa shape index (κ3) is 8.02. The van der Waals surface area contributed by atoms with Gasteiger partial charge in [0.25, 0.3) is 5.91 Å². The summed E-state index contributed by atoms with van der Waals surface area (Å²) in [5, 5.41) is 12.8. The van der Waals surface area contributed by atoms with Crippen LogP contribution in [0.5, 0.6) is 11.5 Å². The number of benzene rings is 1. The van der Waals surface area contributed by atoms with Crippen molar-refractivity contribution in [3.63, 3.8) is 0 Å². The van der Waals surface area contributed by atoms with Crippen LogP contribution in [0.15, 0.2) is 24.3 Å². The molecule has 260 valence electrons. The fourth-order valence-electron chi connectivity index (χ4n) is 4.71. The molecule has 1 aromatic carbocycles. The zero-order valence-electron chi connectivity index (χ0n) is 27.4. The third-order valence-corrected chi connectivity index (χ3v) is 9.43. The Morgan fingerprint density at radius 2 is 1.79 bits per heavy atom. The highest BCUT2D eigenvalue weighted by atomic mass is 35.5. The fourth-order valence-corrected chi connectivity index (χ4v) is 5.90. The van der Waals surface area contributed by atoms with Crippen LogP contribution in [0.25, 0.3) is 0 Å². The second-order valence-electron chi connectivity index (χ2n) is 13.8. The Labute approximate surface area is 279 Å². The zero-order valence-corrected chi connectivity index (χ0v) is 29.0. The average molecular weight is 705 g/mol. The van der Waals surface area contributed by atoms with E-state index in [4.69, 9.17) is 25.8 Å². The second kappa shape index (κ2) is 12.8. The number of methoxy groups -OCH3 is 1. The Kier molecular flexibility index (Phi) is 10.0. The minimum Gasteiger partial charge on any atom is -0.598 e. The number of aromatic nitrogens is 1. The van der Waals surface area contributed by atoms with Gasteiger partial charge in [0.15, 0.2) is 16.7 Å². The molecule has 1 saturated carbocycles. The predicted octanol–water partition coefficient (Wildman–Crippen LogP) is 5.49. The maximum absolute atomic E-state index is 14.7. The number of carbonyl (C=O) groups is 2. The summed E-state index contributed by atoms with van der Waals surface area (Å²) in [7, 11) is 1.37. The van der Waals surface area contributed by atoms with Gasteiger partial charge in [-0.25, -0.2) is 9.78 Å². The van der Waals surface area contributed by atoms with Crippen LogP contribution >= 0.6 is 11.6 Å². The number of nitrogens with one attached hydrogen (secondary N) is 2. The van der Waals surface area contributed by atoms with Gasteiger partial charge in [0.05, 0.1) is 37.7 Å². The lowest BCUT2D eigenvalue weighted by molar-refractivity contribution is -0.265. The molecule has 1 aliphatic heterocycles. The molecule has 11 nitrogen and oxygen atoms in total. The van der Waals surface area contributed by atoms with Gasteiger partial charge in [-0.3, -0.25) is 9.69 Å². The van der Waals surface area contributed by atoms with Crippen LogP contribution in [0, 0.1) is 0 Å². The molecule has 0 bridgehead atoms. The van der Waals surface area contributed by atoms with Crippen molar-refractivity contribution in [1.82, 2.24) is 15.0 Å². The van der Waals surface area contributed by atoms with Gasteiger partial charge in [-0.05, 0) is 85.6 Å². The lowest BCUT2D eigenvalue weighted by Gasteiger charge is -2.34. The summed E-state index contributed by atoms with van der Waals surface area (Å²) in [5.74, 6) is -0.323. The molecule has 0 radical (unpaired) electrons. The van der Waals surface area contributed by atoms with E-state index in [2.05, 4.69) is 15.0 Å². The Morgan fingerprint density at radius 3 is 2.32 bits per heavy atom. The lowest BCUT2D eigenvalue weighted by Crippen LogP contribution is -2.53. The van der Waals surface area contributed by atoms with Crippen molar-refractivity contribution in [3.05, 3.63) is 46.2 Å². The number of nitrogens with zero attached hydrogens (tertiary/aromatic N) is 2. The number of rotatable bonds is 9. The normalized spacial score (nSPS) is 20.3. The number of pyridine rings is 1. The van der Waals surface area contributed by atoms with Crippen LogP contribution in [0.4, 0.5) is 23.7 Å². The molecule has 2 heterocycles. The minimum atomic E-state index is -5.36. The number of hydrogen-bond acceptors (Lipinski definition) is 9. The van der Waals surface area contributed by atoms with Gasteiger partial charge >= 0.3 is 12.3 Å². The number of anilines is 1. The molecule has 2 aromatic rings. The summed E-state index contributed by atoms with van der Waals surface area (Å²) in [6, 6.07) is 5.12. The first-order valence-electron chi connectivity index (χ1n) is 14.8. The van der Waals surface area contributed by atoms with Crippen molar-refractivity contribution in [1.29, 1.82) is 0 Å². The molecule has 2 aliphatic rings. The Hall–Kier alpha value is -2.98. The largest absolute Gasteiger partial charge is 0.598 e. The lowest BCUT2D eigenvalue weighted by atomic mass is 9.91. The third-order valence-electron chi connectivity index (χ3n) is 7.42. The number of hydrogen-bond donors (Lipinski definition) is 3. The van der Waals surface area contributed by atoms with Gasteiger partial charge < -0.3 is 29.2 Å². The highest BCUT2D eigenvalue weighted by Gasteiger charge is 2.58. The SMILES string of the molecule is COc1cc(C(=O)NCC(O)(c2cc3c(c(Cl)n2)N(C(=O)OC(C)(C)C)C[C@@]3(C)N[S+]([O-])C(C)(C)C)C(F)(F)F)ccc1OC1CC1. The number of carbonyl (C=O) groups excluding carboxylic acids is 2. The number of ether oxygens (including phenoxy) is 3. The summed E-state index contributed by atoms with van der Waals surface area (Å²) in [4.78, 5) is 31.3. The fraction of sp³-hybridized carbons (Fsp3) is 0.581. The minimum absolute atomic E-state index is 0.0148. The first-order chi connectivity index (χ1) is 21.5. The number of amides is 2. The van der Waals surface area contributed by atoms with Crippen molar-refractivity contribution < 1.29 is 46.6 Å². The van der Waals surface area contributed by atoms with Crippen molar-refractivity contribution in [2.75, 3.05) is 25.1 Å². The molecule has 2 amide bonds. The molecule has 2 unspecified atom stereocenters. The molecule has 16 heteroatoms. The number of fused-ring (bicyclic) bond motifs is 1. The van der Waals surface area contributed by atoms with Crippen LogP contribution in [0.2, 0.25) is 5.15 Å². The molecule has 3 atom stereocenters. The van der Waals surface area contributed by atoms with E-state index in [1.165, 1.54) is 25.3 Å². The van der Waals surface area contributed by atoms with Gasteiger partial charge in [0.1, 0.15) is 15.9 Å². The van der Waals surface area contributed by atoms with Crippen molar-refractivity contribution >= 4 is 40.7 Å². The van der Waals surface area contributed by atoms with E-state index in [0.717, 1.165) is 23.8 Å². The number of alkyl halides is 3. The van der Waals surface area contributed by atoms with Crippen LogP contribution in [0.3, 0.4) is 0 Å². The molecule has 47 heavy (non-hydrogen) atoms. The van der Waals surface area contributed by atoms with Gasteiger partial charge in [0.2, 0.25) is 5.60 Å². The van der Waals surface area contributed by atoms with Crippen LogP contribution in [-0.4, -0.2) is 69.5 Å². The summed E-state index contributed by atoms with van der Waals surface area (Å²) in [6.45, 7) is 9.98. The molecule has 1 aliphatic carbocycles. The van der Waals surface area contributed by atoms with E-state index >= 15 is 0 Å². The molecular formula is C31H40ClF3N4O7S. The summed E-state index contributed by atoms with van der Waals surface area (Å²) >= 11 is 4.72. The van der Waals surface area contributed by atoms with Crippen molar-refractivity contribution in [3.8, 4) is 11.5 Å². The molecule has 4 rings (SSSR count). The van der Waals surface area contributed by atoms with Crippen LogP contribution < -0.4 is 24.4 Å². The maximum atomic E-state index is 14.7. The first kappa shape index (κ1) is 36.8. The molecule has 0 saturated heterocycles. The predicted molar refractivity (Wildman–Crippen MR) is 170 cm³/mol. The second-order valence-corrected chi connectivity index (χ2v) is 16.1. The van der Waals surface area contributed by atoms with Gasteiger partial charge in [-0.1, -0.05) is 11.6 Å².